The molecule has 0 radical (unpaired) electrons. The first kappa shape index (κ1) is 6.84. The van der Waals surface area contributed by atoms with E-state index in [9.17, 15) is 4.79 Å². The van der Waals surface area contributed by atoms with Crippen molar-refractivity contribution in [2.45, 2.75) is 0 Å². The predicted molar refractivity (Wildman–Crippen MR) is 41.5 cm³/mol. The number of fused-ring (bicyclic) bond motifs is 1. The van der Waals surface area contributed by atoms with Gasteiger partial charge in [-0.2, -0.15) is 0 Å². The molecule has 1 N–H and O–H groups in total. The number of rotatable bonds is 0. The first-order valence-electron chi connectivity index (χ1n) is 3.45. The van der Waals surface area contributed by atoms with Gasteiger partial charge in [-0.1, -0.05) is 0 Å². The highest BCUT2D eigenvalue weighted by Gasteiger charge is 2.13. The molecule has 0 aliphatic carbocycles. The summed E-state index contributed by atoms with van der Waals surface area (Å²) in [6.45, 7) is 0. The van der Waals surface area contributed by atoms with Crippen LogP contribution in [0.2, 0.25) is 0 Å². The summed E-state index contributed by atoms with van der Waals surface area (Å²) in [7, 11) is 0. The van der Waals surface area contributed by atoms with Gasteiger partial charge in [-0.05, 0) is 12.1 Å². The van der Waals surface area contributed by atoms with Gasteiger partial charge in [0.05, 0.1) is 0 Å². The lowest BCUT2D eigenvalue weighted by Gasteiger charge is -2.00. The van der Waals surface area contributed by atoms with Gasteiger partial charge in [0.1, 0.15) is 11.8 Å². The van der Waals surface area contributed by atoms with E-state index in [4.69, 9.17) is 4.74 Å². The van der Waals surface area contributed by atoms with Gasteiger partial charge in [0.2, 0.25) is 5.88 Å². The third-order valence-electron chi connectivity index (χ3n) is 1.48. The highest BCUT2D eigenvalue weighted by molar-refractivity contribution is 5.97. The topological polar surface area (TPSA) is 51.2 Å². The van der Waals surface area contributed by atoms with Crippen molar-refractivity contribution in [1.82, 2.24) is 10.3 Å². The summed E-state index contributed by atoms with van der Waals surface area (Å²) in [5.74, 6) is 0.135. The number of hydrogen-bond donors (Lipinski definition) is 1. The highest BCUT2D eigenvalue weighted by Crippen LogP contribution is 2.15. The molecule has 0 saturated heterocycles. The van der Waals surface area contributed by atoms with Gasteiger partial charge in [-0.3, -0.25) is 4.79 Å². The minimum Gasteiger partial charge on any atom is -0.444 e. The second-order valence-electron chi connectivity index (χ2n) is 2.25. The lowest BCUT2D eigenvalue weighted by Crippen LogP contribution is -2.15. The van der Waals surface area contributed by atoms with Crippen molar-refractivity contribution in [2.24, 2.45) is 0 Å². The standard InChI is InChI=1S/C8H6N2O2/c11-7-6-2-1-3-10-8(6)12-5-4-9-7/h1-5H,(H,9,11). The maximum Gasteiger partial charge on any atom is 0.260 e. The van der Waals surface area contributed by atoms with Crippen LogP contribution in [0, 0.1) is 0 Å². The molecule has 1 aromatic rings. The first-order valence-corrected chi connectivity index (χ1v) is 3.45. The quantitative estimate of drug-likeness (QED) is 0.610. The molecule has 0 atom stereocenters. The van der Waals surface area contributed by atoms with Gasteiger partial charge in [-0.25, -0.2) is 4.98 Å². The number of nitrogens with zero attached hydrogens (tertiary/aromatic N) is 1. The van der Waals surface area contributed by atoms with E-state index in [0.29, 0.717) is 11.4 Å². The van der Waals surface area contributed by atoms with E-state index in [1.165, 1.54) is 12.5 Å². The molecule has 0 unspecified atom stereocenters. The fraction of sp³-hybridized carbons (Fsp3) is 0. The summed E-state index contributed by atoms with van der Waals surface area (Å²) in [6.07, 6.45) is 4.39. The summed E-state index contributed by atoms with van der Waals surface area (Å²) in [5, 5.41) is 2.52. The molecule has 0 spiro atoms. The Bertz CT molecular complexity index is 347. The number of pyridine rings is 1. The Morgan fingerprint density at radius 1 is 1.50 bits per heavy atom. The second-order valence-corrected chi connectivity index (χ2v) is 2.25. The minimum atomic E-state index is -0.202. The van der Waals surface area contributed by atoms with Gasteiger partial charge < -0.3 is 10.1 Å². The van der Waals surface area contributed by atoms with Crippen LogP contribution in [0.4, 0.5) is 0 Å². The SMILES string of the molecule is O=C1NC=COc2ncccc21. The zero-order chi connectivity index (χ0) is 8.39. The number of carbonyl (C=O) groups excluding carboxylic acids is 1. The smallest absolute Gasteiger partial charge is 0.260 e. The number of ether oxygens (including phenoxy) is 1. The Morgan fingerprint density at radius 2 is 2.42 bits per heavy atom. The van der Waals surface area contributed by atoms with E-state index >= 15 is 0 Å². The lowest BCUT2D eigenvalue weighted by molar-refractivity contribution is 0.0970. The third kappa shape index (κ3) is 1.03. The Morgan fingerprint density at radius 3 is 3.33 bits per heavy atom. The van der Waals surface area contributed by atoms with Crippen LogP contribution in [0.15, 0.2) is 30.8 Å². The summed E-state index contributed by atoms with van der Waals surface area (Å²) < 4.78 is 5.04. The summed E-state index contributed by atoms with van der Waals surface area (Å²) in [6, 6.07) is 3.34. The lowest BCUT2D eigenvalue weighted by atomic mass is 10.2. The molecule has 12 heavy (non-hydrogen) atoms. The van der Waals surface area contributed by atoms with E-state index in [-0.39, 0.29) is 5.91 Å². The van der Waals surface area contributed by atoms with Crippen molar-refractivity contribution < 1.29 is 9.53 Å². The van der Waals surface area contributed by atoms with Crippen LogP contribution in [0.3, 0.4) is 0 Å². The fourth-order valence-electron chi connectivity index (χ4n) is 0.943. The van der Waals surface area contributed by atoms with Gasteiger partial charge in [0.25, 0.3) is 5.91 Å². The van der Waals surface area contributed by atoms with Gasteiger partial charge in [-0.15, -0.1) is 0 Å². The van der Waals surface area contributed by atoms with E-state index in [0.717, 1.165) is 0 Å². The van der Waals surface area contributed by atoms with Crippen LogP contribution in [-0.2, 0) is 0 Å². The molecule has 1 amide bonds. The molecular weight excluding hydrogens is 156 g/mol. The third-order valence-corrected chi connectivity index (χ3v) is 1.48. The van der Waals surface area contributed by atoms with Crippen molar-refractivity contribution >= 4 is 5.91 Å². The number of amides is 1. The van der Waals surface area contributed by atoms with Crippen LogP contribution in [0.5, 0.6) is 5.88 Å². The first-order chi connectivity index (χ1) is 5.88. The molecule has 4 heteroatoms. The molecular formula is C8H6N2O2. The monoisotopic (exact) mass is 162 g/mol. The Kier molecular flexibility index (Phi) is 1.51. The Hall–Kier alpha value is -1.84. The molecule has 1 aromatic heterocycles. The molecule has 4 nitrogen and oxygen atoms in total. The number of nitrogens with one attached hydrogen (secondary N) is 1. The average Bonchev–Trinajstić information content (AvgIpc) is 2.29. The molecule has 0 bridgehead atoms. The van der Waals surface area contributed by atoms with Crippen molar-refractivity contribution in [3.8, 4) is 5.88 Å². The van der Waals surface area contributed by atoms with E-state index in [1.807, 2.05) is 0 Å². The Balaban J connectivity index is 2.52. The maximum absolute atomic E-state index is 11.2. The zero-order valence-corrected chi connectivity index (χ0v) is 6.15. The van der Waals surface area contributed by atoms with Gasteiger partial charge >= 0.3 is 0 Å². The summed E-state index contributed by atoms with van der Waals surface area (Å²) in [4.78, 5) is 15.1. The van der Waals surface area contributed by atoms with E-state index in [1.54, 1.807) is 18.3 Å². The average molecular weight is 162 g/mol. The van der Waals surface area contributed by atoms with E-state index in [2.05, 4.69) is 10.3 Å². The highest BCUT2D eigenvalue weighted by atomic mass is 16.5. The molecule has 2 heterocycles. The fourth-order valence-corrected chi connectivity index (χ4v) is 0.943. The van der Waals surface area contributed by atoms with Crippen LogP contribution in [0.25, 0.3) is 0 Å². The molecule has 0 aromatic carbocycles. The van der Waals surface area contributed by atoms with Crippen LogP contribution in [-0.4, -0.2) is 10.9 Å². The molecule has 60 valence electrons. The summed E-state index contributed by atoms with van der Waals surface area (Å²) in [5.41, 5.74) is 0.447. The van der Waals surface area contributed by atoms with Gasteiger partial charge in [0, 0.05) is 12.4 Å². The van der Waals surface area contributed by atoms with Crippen LogP contribution in [0.1, 0.15) is 10.4 Å². The minimum absolute atomic E-state index is 0.202. The number of hydrogen-bond acceptors (Lipinski definition) is 3. The summed E-state index contributed by atoms with van der Waals surface area (Å²) >= 11 is 0. The Labute approximate surface area is 68.9 Å². The van der Waals surface area contributed by atoms with Gasteiger partial charge in [0.15, 0.2) is 0 Å². The normalized spacial score (nSPS) is 14.2. The van der Waals surface area contributed by atoms with Crippen molar-refractivity contribution in [3.05, 3.63) is 36.4 Å². The van der Waals surface area contributed by atoms with Crippen molar-refractivity contribution in [1.29, 1.82) is 0 Å². The van der Waals surface area contributed by atoms with Crippen molar-refractivity contribution in [2.75, 3.05) is 0 Å². The van der Waals surface area contributed by atoms with Crippen molar-refractivity contribution in [3.63, 3.8) is 0 Å². The molecule has 2 rings (SSSR count). The van der Waals surface area contributed by atoms with E-state index < -0.39 is 0 Å². The largest absolute Gasteiger partial charge is 0.444 e. The maximum atomic E-state index is 11.2. The molecule has 0 fully saturated rings. The second kappa shape index (κ2) is 2.65. The molecule has 1 aliphatic heterocycles. The van der Waals surface area contributed by atoms with Crippen LogP contribution < -0.4 is 10.1 Å². The number of carbonyl (C=O) groups is 1. The number of aromatic nitrogens is 1. The predicted octanol–water partition coefficient (Wildman–Crippen LogP) is 0.675. The molecule has 0 saturated carbocycles. The van der Waals surface area contributed by atoms with Crippen LogP contribution >= 0.6 is 0 Å². The molecule has 1 aliphatic rings. The zero-order valence-electron chi connectivity index (χ0n) is 6.15.